The predicted molar refractivity (Wildman–Crippen MR) is 83.4 cm³/mol. The molecule has 0 aliphatic carbocycles. The lowest BCUT2D eigenvalue weighted by molar-refractivity contribution is 0.0987. The zero-order valence-corrected chi connectivity index (χ0v) is 12.6. The fraction of sp³-hybridized carbons (Fsp3) is 0.250. The summed E-state index contributed by atoms with van der Waals surface area (Å²) < 4.78 is 0. The molecule has 0 fully saturated rings. The number of fused-ring (bicyclic) bond motifs is 1. The molecule has 0 saturated carbocycles. The first kappa shape index (κ1) is 13.9. The zero-order chi connectivity index (χ0) is 15.1. The van der Waals surface area contributed by atoms with E-state index in [4.69, 9.17) is 11.6 Å². The number of pyridine rings is 1. The van der Waals surface area contributed by atoms with Crippen molar-refractivity contribution in [2.45, 2.75) is 20.3 Å². The number of hydrogen-bond acceptors (Lipinski definition) is 2. The third-order valence-corrected chi connectivity index (χ3v) is 4.00. The van der Waals surface area contributed by atoms with Gasteiger partial charge >= 0.3 is 0 Å². The van der Waals surface area contributed by atoms with Crippen LogP contribution in [0.2, 0.25) is 5.02 Å². The molecule has 3 rings (SSSR count). The summed E-state index contributed by atoms with van der Waals surface area (Å²) in [4.78, 5) is 29.2. The maximum absolute atomic E-state index is 12.7. The summed E-state index contributed by atoms with van der Waals surface area (Å²) in [6.45, 7) is 4.15. The van der Waals surface area contributed by atoms with Crippen molar-refractivity contribution < 1.29 is 4.79 Å². The standard InChI is InChI=1S/C16H15ClN2O2/c1-9-7-10(2)18-15(20)14(9)16(21)19-6-5-11-3-4-12(17)8-13(11)19/h3-4,7-8H,5-6H2,1-2H3,(H,18,20). The minimum absolute atomic E-state index is 0.202. The van der Waals surface area contributed by atoms with E-state index in [2.05, 4.69) is 4.98 Å². The molecule has 2 heterocycles. The van der Waals surface area contributed by atoms with Gasteiger partial charge < -0.3 is 9.88 Å². The molecule has 0 unspecified atom stereocenters. The number of aromatic nitrogens is 1. The van der Waals surface area contributed by atoms with E-state index in [0.29, 0.717) is 17.1 Å². The smallest absolute Gasteiger partial charge is 0.264 e. The predicted octanol–water partition coefficient (Wildman–Crippen LogP) is 2.85. The van der Waals surface area contributed by atoms with Gasteiger partial charge in [0.2, 0.25) is 0 Å². The topological polar surface area (TPSA) is 53.2 Å². The monoisotopic (exact) mass is 302 g/mol. The van der Waals surface area contributed by atoms with Crippen LogP contribution in [-0.2, 0) is 6.42 Å². The summed E-state index contributed by atoms with van der Waals surface area (Å²) >= 11 is 6.02. The van der Waals surface area contributed by atoms with Crippen molar-refractivity contribution in [1.29, 1.82) is 0 Å². The molecule has 0 saturated heterocycles. The molecule has 108 valence electrons. The molecule has 0 spiro atoms. The molecule has 2 aromatic rings. The Morgan fingerprint density at radius 2 is 2.05 bits per heavy atom. The molecular formula is C16H15ClN2O2. The van der Waals surface area contributed by atoms with Gasteiger partial charge in [-0.1, -0.05) is 17.7 Å². The highest BCUT2D eigenvalue weighted by atomic mass is 35.5. The summed E-state index contributed by atoms with van der Waals surface area (Å²) in [5.41, 5.74) is 3.18. The normalized spacial score (nSPS) is 13.4. The van der Waals surface area contributed by atoms with E-state index in [1.54, 1.807) is 24.8 Å². The Morgan fingerprint density at radius 1 is 1.29 bits per heavy atom. The van der Waals surface area contributed by atoms with Crippen molar-refractivity contribution >= 4 is 23.2 Å². The van der Waals surface area contributed by atoms with Crippen LogP contribution in [0.1, 0.15) is 27.2 Å². The number of halogens is 1. The Morgan fingerprint density at radius 3 is 2.76 bits per heavy atom. The third kappa shape index (κ3) is 2.36. The van der Waals surface area contributed by atoms with Crippen LogP contribution in [0, 0.1) is 13.8 Å². The minimum Gasteiger partial charge on any atom is -0.326 e. The van der Waals surface area contributed by atoms with Gasteiger partial charge in [-0.2, -0.15) is 0 Å². The van der Waals surface area contributed by atoms with Crippen molar-refractivity contribution in [3.05, 3.63) is 62.0 Å². The molecule has 5 heteroatoms. The van der Waals surface area contributed by atoms with Crippen molar-refractivity contribution in [3.63, 3.8) is 0 Å². The van der Waals surface area contributed by atoms with Crippen LogP contribution in [0.25, 0.3) is 0 Å². The van der Waals surface area contributed by atoms with Crippen LogP contribution in [0.5, 0.6) is 0 Å². The number of carbonyl (C=O) groups is 1. The second-order valence-electron chi connectivity index (χ2n) is 5.32. The van der Waals surface area contributed by atoms with Gasteiger partial charge in [-0.15, -0.1) is 0 Å². The first-order valence-corrected chi connectivity index (χ1v) is 7.16. The molecule has 0 radical (unpaired) electrons. The zero-order valence-electron chi connectivity index (χ0n) is 11.9. The Hall–Kier alpha value is -2.07. The number of H-pyrrole nitrogens is 1. The summed E-state index contributed by atoms with van der Waals surface area (Å²) in [6, 6.07) is 7.33. The number of aromatic amines is 1. The summed E-state index contributed by atoms with van der Waals surface area (Å²) in [5, 5.41) is 0.586. The van der Waals surface area contributed by atoms with E-state index < -0.39 is 0 Å². The summed E-state index contributed by atoms with van der Waals surface area (Å²) in [7, 11) is 0. The maximum Gasteiger partial charge on any atom is 0.264 e. The van der Waals surface area contributed by atoms with Gasteiger partial charge in [-0.3, -0.25) is 9.59 Å². The molecule has 0 bridgehead atoms. The molecule has 1 aromatic heterocycles. The van der Waals surface area contributed by atoms with Crippen molar-refractivity contribution in [2.75, 3.05) is 11.4 Å². The fourth-order valence-corrected chi connectivity index (χ4v) is 2.98. The Labute approximate surface area is 127 Å². The van der Waals surface area contributed by atoms with E-state index >= 15 is 0 Å². The molecule has 1 aliphatic rings. The van der Waals surface area contributed by atoms with Crippen LogP contribution in [0.4, 0.5) is 5.69 Å². The van der Waals surface area contributed by atoms with Crippen molar-refractivity contribution in [3.8, 4) is 0 Å². The molecular weight excluding hydrogens is 288 g/mol. The van der Waals surface area contributed by atoms with Gasteiger partial charge in [0.15, 0.2) is 0 Å². The average Bonchev–Trinajstić information content (AvgIpc) is 2.80. The molecule has 1 amide bonds. The summed E-state index contributed by atoms with van der Waals surface area (Å²) in [5.74, 6) is -0.269. The third-order valence-electron chi connectivity index (χ3n) is 3.77. The second-order valence-corrected chi connectivity index (χ2v) is 5.76. The van der Waals surface area contributed by atoms with Crippen LogP contribution in [-0.4, -0.2) is 17.4 Å². The second kappa shape index (κ2) is 5.04. The van der Waals surface area contributed by atoms with Crippen LogP contribution < -0.4 is 10.5 Å². The van der Waals surface area contributed by atoms with E-state index in [-0.39, 0.29) is 17.0 Å². The fourth-order valence-electron chi connectivity index (χ4n) is 2.82. The molecule has 4 nitrogen and oxygen atoms in total. The van der Waals surface area contributed by atoms with Gasteiger partial charge in [0, 0.05) is 22.9 Å². The summed E-state index contributed by atoms with van der Waals surface area (Å²) in [6.07, 6.45) is 0.779. The van der Waals surface area contributed by atoms with Gasteiger partial charge in [0.25, 0.3) is 11.5 Å². The Kier molecular flexibility index (Phi) is 3.33. The van der Waals surface area contributed by atoms with Gasteiger partial charge in [-0.25, -0.2) is 0 Å². The molecule has 1 aromatic carbocycles. The SMILES string of the molecule is Cc1cc(C)c(C(=O)N2CCc3ccc(Cl)cc32)c(=O)[nH]1. The van der Waals surface area contributed by atoms with Crippen LogP contribution in [0.15, 0.2) is 29.1 Å². The lowest BCUT2D eigenvalue weighted by Crippen LogP contribution is -2.34. The highest BCUT2D eigenvalue weighted by Gasteiger charge is 2.28. The van der Waals surface area contributed by atoms with Crippen LogP contribution >= 0.6 is 11.6 Å². The lowest BCUT2D eigenvalue weighted by atomic mass is 10.1. The van der Waals surface area contributed by atoms with E-state index in [9.17, 15) is 9.59 Å². The van der Waals surface area contributed by atoms with Crippen molar-refractivity contribution in [1.82, 2.24) is 4.98 Å². The number of anilines is 1. The number of carbonyl (C=O) groups excluding carboxylic acids is 1. The van der Waals surface area contributed by atoms with E-state index in [1.807, 2.05) is 18.2 Å². The molecule has 21 heavy (non-hydrogen) atoms. The molecule has 1 aliphatic heterocycles. The van der Waals surface area contributed by atoms with Gasteiger partial charge in [-0.05, 0) is 49.6 Å². The van der Waals surface area contributed by atoms with Gasteiger partial charge in [0.1, 0.15) is 5.56 Å². The van der Waals surface area contributed by atoms with Gasteiger partial charge in [0.05, 0.1) is 0 Å². The number of benzene rings is 1. The lowest BCUT2D eigenvalue weighted by Gasteiger charge is -2.18. The maximum atomic E-state index is 12.7. The number of amides is 1. The highest BCUT2D eigenvalue weighted by molar-refractivity contribution is 6.31. The average molecular weight is 303 g/mol. The van der Waals surface area contributed by atoms with Crippen LogP contribution in [0.3, 0.4) is 0 Å². The minimum atomic E-state index is -0.340. The number of nitrogens with zero attached hydrogens (tertiary/aromatic N) is 1. The first-order chi connectivity index (χ1) is 9.97. The van der Waals surface area contributed by atoms with E-state index in [1.165, 1.54) is 0 Å². The largest absolute Gasteiger partial charge is 0.326 e. The number of aryl methyl sites for hydroxylation is 2. The van der Waals surface area contributed by atoms with E-state index in [0.717, 1.165) is 23.4 Å². The highest BCUT2D eigenvalue weighted by Crippen LogP contribution is 2.31. The number of rotatable bonds is 1. The molecule has 1 N–H and O–H groups in total. The van der Waals surface area contributed by atoms with Crippen molar-refractivity contribution in [2.24, 2.45) is 0 Å². The Bertz CT molecular complexity index is 795. The Balaban J connectivity index is 2.07. The number of nitrogens with one attached hydrogen (secondary N) is 1. The molecule has 0 atom stereocenters. The number of hydrogen-bond donors (Lipinski definition) is 1. The quantitative estimate of drug-likeness (QED) is 0.880. The first-order valence-electron chi connectivity index (χ1n) is 6.78.